The van der Waals surface area contributed by atoms with E-state index in [-0.39, 0.29) is 18.2 Å². The second-order valence-electron chi connectivity index (χ2n) is 4.85. The van der Waals surface area contributed by atoms with Gasteiger partial charge < -0.3 is 15.4 Å². The maximum absolute atomic E-state index is 11.7. The van der Waals surface area contributed by atoms with Gasteiger partial charge in [-0.25, -0.2) is 9.78 Å². The predicted octanol–water partition coefficient (Wildman–Crippen LogP) is 1.86. The normalized spacial score (nSPS) is 20.2. The van der Waals surface area contributed by atoms with Gasteiger partial charge in [-0.2, -0.15) is 0 Å². The van der Waals surface area contributed by atoms with Gasteiger partial charge in [-0.1, -0.05) is 0 Å². The summed E-state index contributed by atoms with van der Waals surface area (Å²) in [6, 6.07) is -0.0704. The Bertz CT molecular complexity index is 416. The Morgan fingerprint density at radius 3 is 3.16 bits per heavy atom. The topological polar surface area (TPSA) is 63.2 Å². The highest BCUT2D eigenvalue weighted by molar-refractivity contribution is 7.09. The Morgan fingerprint density at radius 2 is 2.53 bits per heavy atom. The predicted molar refractivity (Wildman–Crippen MR) is 75.5 cm³/mol. The molecule has 0 spiro atoms. The molecule has 0 radical (unpaired) electrons. The van der Waals surface area contributed by atoms with Crippen LogP contribution in [0.5, 0.6) is 0 Å². The van der Waals surface area contributed by atoms with Gasteiger partial charge in [-0.3, -0.25) is 0 Å². The Labute approximate surface area is 117 Å². The lowest BCUT2D eigenvalue weighted by atomic mass is 10.1. The third kappa shape index (κ3) is 4.47. The highest BCUT2D eigenvalue weighted by atomic mass is 32.1. The van der Waals surface area contributed by atoms with E-state index in [1.807, 2.05) is 19.2 Å². The second-order valence-corrected chi connectivity index (χ2v) is 5.91. The molecular formula is C13H21N3O2S. The maximum Gasteiger partial charge on any atom is 0.315 e. The molecular weight excluding hydrogens is 262 g/mol. The number of ether oxygens (including phenoxy) is 1. The standard InChI is InChI=1S/C13H21N3O2S/c1-9(12-4-3-7-18-12)15-13(17)14-6-5-11-8-19-10(2)16-11/h8-9,12H,3-7H2,1-2H3,(H2,14,15,17)/t9-,12-/m0/s1. The minimum atomic E-state index is -0.130. The fourth-order valence-electron chi connectivity index (χ4n) is 2.17. The Kier molecular flexibility index (Phi) is 5.15. The van der Waals surface area contributed by atoms with Crippen molar-refractivity contribution in [2.45, 2.75) is 45.3 Å². The van der Waals surface area contributed by atoms with Crippen molar-refractivity contribution in [2.75, 3.05) is 13.2 Å². The van der Waals surface area contributed by atoms with Gasteiger partial charge >= 0.3 is 6.03 Å². The van der Waals surface area contributed by atoms with Crippen LogP contribution in [-0.2, 0) is 11.2 Å². The molecule has 1 aliphatic heterocycles. The first-order valence-electron chi connectivity index (χ1n) is 6.72. The van der Waals surface area contributed by atoms with Crippen LogP contribution in [0.25, 0.3) is 0 Å². The largest absolute Gasteiger partial charge is 0.376 e. The van der Waals surface area contributed by atoms with Crippen LogP contribution in [0.1, 0.15) is 30.5 Å². The fourth-order valence-corrected chi connectivity index (χ4v) is 2.82. The molecule has 1 aromatic rings. The summed E-state index contributed by atoms with van der Waals surface area (Å²) in [5, 5.41) is 8.87. The molecule has 0 aromatic carbocycles. The summed E-state index contributed by atoms with van der Waals surface area (Å²) in [5.41, 5.74) is 1.04. The molecule has 106 valence electrons. The van der Waals surface area contributed by atoms with E-state index in [0.717, 1.165) is 36.6 Å². The van der Waals surface area contributed by atoms with Gasteiger partial charge in [0.25, 0.3) is 0 Å². The zero-order valence-electron chi connectivity index (χ0n) is 11.4. The van der Waals surface area contributed by atoms with Gasteiger partial charge in [-0.05, 0) is 26.7 Å². The Balaban J connectivity index is 1.64. The zero-order chi connectivity index (χ0) is 13.7. The van der Waals surface area contributed by atoms with E-state index in [2.05, 4.69) is 15.6 Å². The summed E-state index contributed by atoms with van der Waals surface area (Å²) < 4.78 is 5.54. The molecule has 1 aromatic heterocycles. The number of amides is 2. The molecule has 6 heteroatoms. The van der Waals surface area contributed by atoms with E-state index in [4.69, 9.17) is 4.74 Å². The van der Waals surface area contributed by atoms with E-state index in [0.29, 0.717) is 6.54 Å². The minimum Gasteiger partial charge on any atom is -0.376 e. The van der Waals surface area contributed by atoms with Crippen molar-refractivity contribution in [1.29, 1.82) is 0 Å². The van der Waals surface area contributed by atoms with Crippen LogP contribution < -0.4 is 10.6 Å². The molecule has 2 N–H and O–H groups in total. The van der Waals surface area contributed by atoms with Crippen LogP contribution in [-0.4, -0.2) is 36.3 Å². The molecule has 2 amide bonds. The highest BCUT2D eigenvalue weighted by Crippen LogP contribution is 2.15. The number of nitrogens with one attached hydrogen (secondary N) is 2. The lowest BCUT2D eigenvalue weighted by Crippen LogP contribution is -2.46. The number of thiazole rings is 1. The Morgan fingerprint density at radius 1 is 1.68 bits per heavy atom. The van der Waals surface area contributed by atoms with Gasteiger partial charge in [0.05, 0.1) is 22.8 Å². The number of nitrogens with zero attached hydrogens (tertiary/aromatic N) is 1. The van der Waals surface area contributed by atoms with Crippen molar-refractivity contribution in [3.63, 3.8) is 0 Å². The van der Waals surface area contributed by atoms with Crippen LogP contribution in [0.2, 0.25) is 0 Å². The summed E-state index contributed by atoms with van der Waals surface area (Å²) in [4.78, 5) is 16.1. The third-order valence-electron chi connectivity index (χ3n) is 3.21. The molecule has 0 saturated carbocycles. The maximum atomic E-state index is 11.7. The van der Waals surface area contributed by atoms with Gasteiger partial charge in [0.2, 0.25) is 0 Å². The van der Waals surface area contributed by atoms with Crippen LogP contribution in [0.3, 0.4) is 0 Å². The minimum absolute atomic E-state index is 0.0593. The van der Waals surface area contributed by atoms with Crippen LogP contribution in [0.15, 0.2) is 5.38 Å². The lowest BCUT2D eigenvalue weighted by Gasteiger charge is -2.20. The number of hydrogen-bond donors (Lipinski definition) is 2. The molecule has 0 aliphatic carbocycles. The summed E-state index contributed by atoms with van der Waals surface area (Å²) in [7, 11) is 0. The van der Waals surface area contributed by atoms with E-state index in [1.165, 1.54) is 0 Å². The van der Waals surface area contributed by atoms with Crippen LogP contribution in [0, 0.1) is 6.92 Å². The quantitative estimate of drug-likeness (QED) is 0.867. The van der Waals surface area contributed by atoms with Crippen molar-refractivity contribution < 1.29 is 9.53 Å². The Hall–Kier alpha value is -1.14. The first-order chi connectivity index (χ1) is 9.15. The second kappa shape index (κ2) is 6.86. The van der Waals surface area contributed by atoms with Crippen LogP contribution >= 0.6 is 11.3 Å². The van der Waals surface area contributed by atoms with Gasteiger partial charge in [0.1, 0.15) is 0 Å². The fraction of sp³-hybridized carbons (Fsp3) is 0.692. The zero-order valence-corrected chi connectivity index (χ0v) is 12.3. The molecule has 2 rings (SSSR count). The average Bonchev–Trinajstić information content (AvgIpc) is 3.00. The van der Waals surface area contributed by atoms with Gasteiger partial charge in [0, 0.05) is 25.0 Å². The average molecular weight is 283 g/mol. The molecule has 1 fully saturated rings. The first kappa shape index (κ1) is 14.3. The van der Waals surface area contributed by atoms with Crippen molar-refractivity contribution in [3.05, 3.63) is 16.1 Å². The number of hydrogen-bond acceptors (Lipinski definition) is 4. The molecule has 0 unspecified atom stereocenters. The van der Waals surface area contributed by atoms with Crippen molar-refractivity contribution in [1.82, 2.24) is 15.6 Å². The van der Waals surface area contributed by atoms with E-state index in [1.54, 1.807) is 11.3 Å². The lowest BCUT2D eigenvalue weighted by molar-refractivity contribution is 0.0860. The molecule has 0 bridgehead atoms. The van der Waals surface area contributed by atoms with Gasteiger partial charge in [0.15, 0.2) is 0 Å². The molecule has 1 aliphatic rings. The summed E-state index contributed by atoms with van der Waals surface area (Å²) in [5.74, 6) is 0. The number of aromatic nitrogens is 1. The van der Waals surface area contributed by atoms with E-state index >= 15 is 0 Å². The third-order valence-corrected chi connectivity index (χ3v) is 4.04. The first-order valence-corrected chi connectivity index (χ1v) is 7.60. The molecule has 2 atom stereocenters. The molecule has 19 heavy (non-hydrogen) atoms. The number of urea groups is 1. The number of carbonyl (C=O) groups is 1. The molecule has 1 saturated heterocycles. The monoisotopic (exact) mass is 283 g/mol. The smallest absolute Gasteiger partial charge is 0.315 e. The molecule has 5 nitrogen and oxygen atoms in total. The number of carbonyl (C=O) groups excluding carboxylic acids is 1. The molecule has 2 heterocycles. The summed E-state index contributed by atoms with van der Waals surface area (Å²) in [6.45, 7) is 5.38. The van der Waals surface area contributed by atoms with E-state index in [9.17, 15) is 4.79 Å². The number of aryl methyl sites for hydroxylation is 1. The number of rotatable bonds is 5. The van der Waals surface area contributed by atoms with Gasteiger partial charge in [-0.15, -0.1) is 11.3 Å². The van der Waals surface area contributed by atoms with Crippen molar-refractivity contribution >= 4 is 17.4 Å². The van der Waals surface area contributed by atoms with Crippen molar-refractivity contribution in [2.24, 2.45) is 0 Å². The van der Waals surface area contributed by atoms with Crippen molar-refractivity contribution in [3.8, 4) is 0 Å². The highest BCUT2D eigenvalue weighted by Gasteiger charge is 2.23. The summed E-state index contributed by atoms with van der Waals surface area (Å²) in [6.07, 6.45) is 3.04. The summed E-state index contributed by atoms with van der Waals surface area (Å²) >= 11 is 1.63. The SMILES string of the molecule is Cc1nc(CCNC(=O)N[C@@H](C)[C@@H]2CCCO2)cs1. The van der Waals surface area contributed by atoms with E-state index < -0.39 is 0 Å². The van der Waals surface area contributed by atoms with Crippen LogP contribution in [0.4, 0.5) is 4.79 Å².